The molecule has 164 valence electrons. The summed E-state index contributed by atoms with van der Waals surface area (Å²) in [6.45, 7) is 0. The van der Waals surface area contributed by atoms with Crippen molar-refractivity contribution in [2.45, 2.75) is 4.90 Å². The van der Waals surface area contributed by atoms with Crippen LogP contribution in [-0.4, -0.2) is 28.4 Å². The second kappa shape index (κ2) is 8.85. The third-order valence-corrected chi connectivity index (χ3v) is 7.50. The van der Waals surface area contributed by atoms with E-state index in [2.05, 4.69) is 51.3 Å². The number of hydrogen-bond donors (Lipinski definition) is 2. The van der Waals surface area contributed by atoms with Gasteiger partial charge in [0.05, 0.1) is 10.3 Å². The molecule has 0 aliphatic rings. The van der Waals surface area contributed by atoms with E-state index in [1.54, 1.807) is 29.5 Å². The molecule has 5 aromatic rings. The van der Waals surface area contributed by atoms with Gasteiger partial charge in [-0.3, -0.25) is 0 Å². The first-order valence-corrected chi connectivity index (χ1v) is 12.8. The number of rotatable bonds is 6. The van der Waals surface area contributed by atoms with Gasteiger partial charge in [0.1, 0.15) is 17.0 Å². The topological polar surface area (TPSA) is 110 Å². The summed E-state index contributed by atoms with van der Waals surface area (Å²) < 4.78 is 28.6. The zero-order valence-electron chi connectivity index (χ0n) is 16.8. The van der Waals surface area contributed by atoms with Gasteiger partial charge in [0.15, 0.2) is 0 Å². The van der Waals surface area contributed by atoms with Gasteiger partial charge in [0, 0.05) is 33.5 Å². The average molecular weight is 539 g/mol. The number of fused-ring (bicyclic) bond motifs is 1. The fraction of sp³-hybridized carbons (Fsp3) is 0. The quantitative estimate of drug-likeness (QED) is 0.295. The molecule has 0 spiro atoms. The summed E-state index contributed by atoms with van der Waals surface area (Å²) in [5.74, 6) is 0.659. The highest BCUT2D eigenvalue weighted by atomic mass is 79.9. The van der Waals surface area contributed by atoms with Crippen LogP contribution in [0.15, 0.2) is 88.1 Å². The predicted molar refractivity (Wildman–Crippen MR) is 133 cm³/mol. The van der Waals surface area contributed by atoms with Crippen LogP contribution in [0.1, 0.15) is 0 Å². The Bertz CT molecular complexity index is 1520. The molecule has 0 atom stereocenters. The molecule has 0 saturated carbocycles. The van der Waals surface area contributed by atoms with Gasteiger partial charge in [-0.25, -0.2) is 33.1 Å². The predicted octanol–water partition coefficient (Wildman–Crippen LogP) is 5.46. The van der Waals surface area contributed by atoms with E-state index < -0.39 is 10.0 Å². The van der Waals surface area contributed by atoms with Crippen LogP contribution in [0.3, 0.4) is 0 Å². The van der Waals surface area contributed by atoms with E-state index >= 15 is 0 Å². The van der Waals surface area contributed by atoms with E-state index in [4.69, 9.17) is 0 Å². The molecule has 3 heterocycles. The summed E-state index contributed by atoms with van der Waals surface area (Å²) in [5, 5.41) is 6.25. The first kappa shape index (κ1) is 21.4. The standard InChI is InChI=1S/C22H15BrN6O2S2/c23-15-4-2-14(3-5-15)18-12-32-21-19(18)20(26-13-27-21)28-16-6-8-17(9-7-16)33(30,31)29-22-24-10-1-11-25-22/h1-13H,(H,24,25,29)(H,26,27,28). The Labute approximate surface area is 202 Å². The number of aromatic nitrogens is 4. The smallest absolute Gasteiger partial charge is 0.264 e. The van der Waals surface area contributed by atoms with Crippen LogP contribution in [0, 0.1) is 0 Å². The van der Waals surface area contributed by atoms with Crippen molar-refractivity contribution in [3.05, 3.63) is 83.2 Å². The van der Waals surface area contributed by atoms with E-state index in [9.17, 15) is 8.42 Å². The maximum Gasteiger partial charge on any atom is 0.264 e. The van der Waals surface area contributed by atoms with Crippen LogP contribution in [0.5, 0.6) is 0 Å². The minimum Gasteiger partial charge on any atom is -0.340 e. The number of anilines is 3. The summed E-state index contributed by atoms with van der Waals surface area (Å²) in [5.41, 5.74) is 2.77. The highest BCUT2D eigenvalue weighted by Gasteiger charge is 2.17. The molecule has 0 fully saturated rings. The third-order valence-electron chi connectivity index (χ3n) is 4.74. The minimum atomic E-state index is -3.81. The molecule has 0 amide bonds. The molecule has 2 aromatic carbocycles. The SMILES string of the molecule is O=S(=O)(Nc1ncccn1)c1ccc(Nc2ncnc3scc(-c4ccc(Br)cc4)c23)cc1. The largest absolute Gasteiger partial charge is 0.340 e. The molecule has 11 heteroatoms. The number of benzene rings is 2. The van der Waals surface area contributed by atoms with E-state index in [0.29, 0.717) is 11.5 Å². The number of thiophene rings is 1. The maximum atomic E-state index is 12.6. The molecule has 0 saturated heterocycles. The van der Waals surface area contributed by atoms with E-state index in [0.717, 1.165) is 25.8 Å². The van der Waals surface area contributed by atoms with Gasteiger partial charge in [-0.2, -0.15) is 0 Å². The highest BCUT2D eigenvalue weighted by Crippen LogP contribution is 2.37. The van der Waals surface area contributed by atoms with Gasteiger partial charge in [0.2, 0.25) is 5.95 Å². The maximum absolute atomic E-state index is 12.6. The molecule has 33 heavy (non-hydrogen) atoms. The van der Waals surface area contributed by atoms with Gasteiger partial charge >= 0.3 is 0 Å². The van der Waals surface area contributed by atoms with Gasteiger partial charge in [-0.05, 0) is 48.0 Å². The molecule has 0 bridgehead atoms. The van der Waals surface area contributed by atoms with Crippen molar-refractivity contribution in [3.8, 4) is 11.1 Å². The second-order valence-corrected chi connectivity index (χ2v) is 10.3. The summed E-state index contributed by atoms with van der Waals surface area (Å²) in [6, 6.07) is 16.0. The van der Waals surface area contributed by atoms with Crippen molar-refractivity contribution >= 4 is 65.0 Å². The normalized spacial score (nSPS) is 11.4. The first-order valence-electron chi connectivity index (χ1n) is 9.65. The lowest BCUT2D eigenvalue weighted by Crippen LogP contribution is -2.14. The molecule has 3 aromatic heterocycles. The Morgan fingerprint density at radius 2 is 1.61 bits per heavy atom. The van der Waals surface area contributed by atoms with Gasteiger partial charge in [0.25, 0.3) is 10.0 Å². The highest BCUT2D eigenvalue weighted by molar-refractivity contribution is 9.10. The molecule has 8 nitrogen and oxygen atoms in total. The lowest BCUT2D eigenvalue weighted by atomic mass is 10.1. The van der Waals surface area contributed by atoms with Crippen LogP contribution < -0.4 is 10.0 Å². The fourth-order valence-electron chi connectivity index (χ4n) is 3.20. The Hall–Kier alpha value is -3.41. The first-order chi connectivity index (χ1) is 16.0. The molecule has 0 radical (unpaired) electrons. The molecule has 5 rings (SSSR count). The number of nitrogens with zero attached hydrogens (tertiary/aromatic N) is 4. The second-order valence-electron chi connectivity index (χ2n) is 6.89. The number of hydrogen-bond acceptors (Lipinski definition) is 8. The average Bonchev–Trinajstić information content (AvgIpc) is 3.26. The molecular formula is C22H15BrN6O2S2. The van der Waals surface area contributed by atoms with Gasteiger partial charge in [-0.1, -0.05) is 28.1 Å². The number of nitrogens with one attached hydrogen (secondary N) is 2. The zero-order valence-corrected chi connectivity index (χ0v) is 20.0. The van der Waals surface area contributed by atoms with Crippen molar-refractivity contribution in [1.82, 2.24) is 19.9 Å². The monoisotopic (exact) mass is 538 g/mol. The van der Waals surface area contributed by atoms with Crippen LogP contribution in [0.2, 0.25) is 0 Å². The number of sulfonamides is 1. The van der Waals surface area contributed by atoms with E-state index in [-0.39, 0.29) is 10.8 Å². The molecule has 0 unspecified atom stereocenters. The zero-order chi connectivity index (χ0) is 22.8. The van der Waals surface area contributed by atoms with Crippen molar-refractivity contribution in [2.24, 2.45) is 0 Å². The van der Waals surface area contributed by atoms with Crippen molar-refractivity contribution < 1.29 is 8.42 Å². The van der Waals surface area contributed by atoms with Crippen molar-refractivity contribution in [3.63, 3.8) is 0 Å². The Kier molecular flexibility index (Phi) is 5.75. The lowest BCUT2D eigenvalue weighted by Gasteiger charge is -2.10. The van der Waals surface area contributed by atoms with Gasteiger partial charge < -0.3 is 5.32 Å². The fourth-order valence-corrected chi connectivity index (χ4v) is 5.34. The minimum absolute atomic E-state index is 0.0148. The molecule has 2 N–H and O–H groups in total. The summed E-state index contributed by atoms with van der Waals surface area (Å²) >= 11 is 5.01. The summed E-state index contributed by atoms with van der Waals surface area (Å²) in [7, 11) is -3.81. The molecule has 0 aliphatic carbocycles. The van der Waals surface area contributed by atoms with Gasteiger partial charge in [-0.15, -0.1) is 11.3 Å². The van der Waals surface area contributed by atoms with E-state index in [1.807, 2.05) is 24.3 Å². The van der Waals surface area contributed by atoms with E-state index in [1.165, 1.54) is 30.9 Å². The third kappa shape index (κ3) is 4.56. The lowest BCUT2D eigenvalue weighted by molar-refractivity contribution is 0.601. The molecule has 0 aliphatic heterocycles. The molecular weight excluding hydrogens is 524 g/mol. The van der Waals surface area contributed by atoms with Crippen LogP contribution in [0.25, 0.3) is 21.3 Å². The summed E-state index contributed by atoms with van der Waals surface area (Å²) in [6.07, 6.45) is 4.44. The van der Waals surface area contributed by atoms with Crippen LogP contribution in [0.4, 0.5) is 17.5 Å². The van der Waals surface area contributed by atoms with Crippen molar-refractivity contribution in [2.75, 3.05) is 10.0 Å². The van der Waals surface area contributed by atoms with Crippen molar-refractivity contribution in [1.29, 1.82) is 0 Å². The van der Waals surface area contributed by atoms with Crippen LogP contribution in [-0.2, 0) is 10.0 Å². The van der Waals surface area contributed by atoms with Crippen LogP contribution >= 0.6 is 27.3 Å². The summed E-state index contributed by atoms with van der Waals surface area (Å²) in [4.78, 5) is 17.6. The Morgan fingerprint density at radius 1 is 0.879 bits per heavy atom. The Balaban J connectivity index is 1.43. The number of halogens is 1. The Morgan fingerprint density at radius 3 is 2.33 bits per heavy atom.